The summed E-state index contributed by atoms with van der Waals surface area (Å²) < 4.78 is 0. The summed E-state index contributed by atoms with van der Waals surface area (Å²) in [5.74, 6) is -2.12. The van der Waals surface area contributed by atoms with Gasteiger partial charge >= 0.3 is 5.97 Å². The second-order valence-corrected chi connectivity index (χ2v) is 3.68. The van der Waals surface area contributed by atoms with E-state index in [0.717, 1.165) is 0 Å². The summed E-state index contributed by atoms with van der Waals surface area (Å²) >= 11 is 0. The van der Waals surface area contributed by atoms with Gasteiger partial charge in [0.1, 0.15) is 5.60 Å². The number of aliphatic hydroxyl groups is 2. The standard InChI is InChI=1S/C9H16O4/c1-3-5-6(8(11)12)9(13,4-2)7(5)10/h5-7,10,13H,3-4H2,1-2H3,(H,11,12). The molecule has 4 nitrogen and oxygen atoms in total. The van der Waals surface area contributed by atoms with Crippen molar-refractivity contribution < 1.29 is 20.1 Å². The number of aliphatic hydroxyl groups excluding tert-OH is 1. The summed E-state index contributed by atoms with van der Waals surface area (Å²) in [5, 5.41) is 28.2. The molecular weight excluding hydrogens is 172 g/mol. The lowest BCUT2D eigenvalue weighted by atomic mass is 9.57. The fourth-order valence-corrected chi connectivity index (χ4v) is 2.27. The van der Waals surface area contributed by atoms with Gasteiger partial charge in [-0.2, -0.15) is 0 Å². The van der Waals surface area contributed by atoms with Gasteiger partial charge in [-0.05, 0) is 12.8 Å². The Bertz CT molecular complexity index is 216. The summed E-state index contributed by atoms with van der Waals surface area (Å²) in [6.07, 6.45) is -0.0224. The highest BCUT2D eigenvalue weighted by Crippen LogP contribution is 2.47. The molecule has 0 saturated heterocycles. The van der Waals surface area contributed by atoms with E-state index in [1.54, 1.807) is 6.92 Å². The molecule has 1 fully saturated rings. The minimum absolute atomic E-state index is 0.279. The van der Waals surface area contributed by atoms with Crippen LogP contribution in [0.3, 0.4) is 0 Å². The van der Waals surface area contributed by atoms with Gasteiger partial charge in [0.25, 0.3) is 0 Å². The van der Waals surface area contributed by atoms with Crippen molar-refractivity contribution in [1.82, 2.24) is 0 Å². The van der Waals surface area contributed by atoms with Crippen LogP contribution in [0.4, 0.5) is 0 Å². The highest BCUT2D eigenvalue weighted by Gasteiger charge is 2.62. The summed E-state index contributed by atoms with van der Waals surface area (Å²) in [4.78, 5) is 10.8. The fourth-order valence-electron chi connectivity index (χ4n) is 2.27. The maximum absolute atomic E-state index is 10.8. The molecule has 4 atom stereocenters. The topological polar surface area (TPSA) is 77.8 Å². The summed E-state index contributed by atoms with van der Waals surface area (Å²) in [5.41, 5.74) is -1.41. The Balaban J connectivity index is 2.83. The monoisotopic (exact) mass is 188 g/mol. The normalized spacial score (nSPS) is 44.2. The van der Waals surface area contributed by atoms with Gasteiger partial charge in [-0.3, -0.25) is 4.79 Å². The third-order valence-corrected chi connectivity index (χ3v) is 3.19. The van der Waals surface area contributed by atoms with E-state index in [0.29, 0.717) is 6.42 Å². The molecule has 0 radical (unpaired) electrons. The average Bonchev–Trinajstić information content (AvgIpc) is 2.10. The van der Waals surface area contributed by atoms with Crippen LogP contribution in [0.15, 0.2) is 0 Å². The number of hydrogen-bond donors (Lipinski definition) is 3. The molecule has 1 aliphatic carbocycles. The smallest absolute Gasteiger partial charge is 0.309 e. The van der Waals surface area contributed by atoms with Crippen LogP contribution < -0.4 is 0 Å². The zero-order valence-corrected chi connectivity index (χ0v) is 7.90. The van der Waals surface area contributed by atoms with Gasteiger partial charge in [0.2, 0.25) is 0 Å². The Labute approximate surface area is 77.2 Å². The number of carbonyl (C=O) groups is 1. The van der Waals surface area contributed by atoms with Crippen molar-refractivity contribution in [3.8, 4) is 0 Å². The summed E-state index contributed by atoms with van der Waals surface area (Å²) in [6, 6.07) is 0. The molecule has 0 amide bonds. The molecule has 0 aromatic rings. The molecule has 3 N–H and O–H groups in total. The molecule has 1 rings (SSSR count). The molecule has 0 aliphatic heterocycles. The van der Waals surface area contributed by atoms with Gasteiger partial charge in [0.05, 0.1) is 12.0 Å². The lowest BCUT2D eigenvalue weighted by Gasteiger charge is -2.53. The maximum atomic E-state index is 10.8. The predicted octanol–water partition coefficient (Wildman–Crippen LogP) is 0.229. The van der Waals surface area contributed by atoms with Crippen LogP contribution >= 0.6 is 0 Å². The summed E-state index contributed by atoms with van der Waals surface area (Å²) in [7, 11) is 0. The minimum atomic E-state index is -1.41. The van der Waals surface area contributed by atoms with E-state index in [9.17, 15) is 15.0 Å². The molecular formula is C9H16O4. The van der Waals surface area contributed by atoms with Gasteiger partial charge in [-0.15, -0.1) is 0 Å². The Kier molecular flexibility index (Phi) is 2.63. The molecule has 0 aromatic carbocycles. The number of rotatable bonds is 3. The first-order valence-electron chi connectivity index (χ1n) is 4.62. The Hall–Kier alpha value is -0.610. The second-order valence-electron chi connectivity index (χ2n) is 3.68. The van der Waals surface area contributed by atoms with Crippen LogP contribution in [0.25, 0.3) is 0 Å². The van der Waals surface area contributed by atoms with Crippen molar-refractivity contribution in [2.75, 3.05) is 0 Å². The molecule has 13 heavy (non-hydrogen) atoms. The number of hydrogen-bond acceptors (Lipinski definition) is 3. The van der Waals surface area contributed by atoms with Crippen molar-refractivity contribution in [1.29, 1.82) is 0 Å². The molecule has 4 heteroatoms. The van der Waals surface area contributed by atoms with E-state index in [2.05, 4.69) is 0 Å². The first-order valence-corrected chi connectivity index (χ1v) is 4.62. The highest BCUT2D eigenvalue weighted by molar-refractivity contribution is 5.74. The Morgan fingerprint density at radius 2 is 2.00 bits per heavy atom. The second kappa shape index (κ2) is 3.27. The molecule has 1 aliphatic rings. The van der Waals surface area contributed by atoms with Crippen molar-refractivity contribution in [2.45, 2.75) is 38.4 Å². The van der Waals surface area contributed by atoms with Crippen molar-refractivity contribution in [3.05, 3.63) is 0 Å². The van der Waals surface area contributed by atoms with Gasteiger partial charge in [0, 0.05) is 5.92 Å². The van der Waals surface area contributed by atoms with Gasteiger partial charge in [-0.25, -0.2) is 0 Å². The zero-order chi connectivity index (χ0) is 10.2. The summed E-state index contributed by atoms with van der Waals surface area (Å²) in [6.45, 7) is 3.50. The van der Waals surface area contributed by atoms with Crippen molar-refractivity contribution in [3.63, 3.8) is 0 Å². The van der Waals surface area contributed by atoms with E-state index >= 15 is 0 Å². The minimum Gasteiger partial charge on any atom is -0.481 e. The number of carboxylic acid groups (broad SMARTS) is 1. The van der Waals surface area contributed by atoms with Crippen LogP contribution in [0.2, 0.25) is 0 Å². The fraction of sp³-hybridized carbons (Fsp3) is 0.889. The van der Waals surface area contributed by atoms with Gasteiger partial charge < -0.3 is 15.3 Å². The molecule has 1 saturated carbocycles. The number of aliphatic carboxylic acids is 1. The first-order chi connectivity index (χ1) is 5.99. The Morgan fingerprint density at radius 3 is 2.31 bits per heavy atom. The number of carboxylic acids is 1. The predicted molar refractivity (Wildman–Crippen MR) is 46.2 cm³/mol. The average molecular weight is 188 g/mol. The van der Waals surface area contributed by atoms with E-state index < -0.39 is 23.6 Å². The maximum Gasteiger partial charge on any atom is 0.309 e. The van der Waals surface area contributed by atoms with E-state index in [4.69, 9.17) is 5.11 Å². The lowest BCUT2D eigenvalue weighted by Crippen LogP contribution is -2.68. The SMILES string of the molecule is CCC1C(O)C(O)(CC)C1C(=O)O. The van der Waals surface area contributed by atoms with Gasteiger partial charge in [-0.1, -0.05) is 13.8 Å². The molecule has 0 aromatic heterocycles. The highest BCUT2D eigenvalue weighted by atomic mass is 16.4. The van der Waals surface area contributed by atoms with E-state index in [1.165, 1.54) is 0 Å². The van der Waals surface area contributed by atoms with Gasteiger partial charge in [0.15, 0.2) is 0 Å². The largest absolute Gasteiger partial charge is 0.481 e. The van der Waals surface area contributed by atoms with Crippen LogP contribution in [-0.2, 0) is 4.79 Å². The molecule has 0 bridgehead atoms. The van der Waals surface area contributed by atoms with Crippen LogP contribution in [0.5, 0.6) is 0 Å². The molecule has 76 valence electrons. The Morgan fingerprint density at radius 1 is 1.46 bits per heavy atom. The van der Waals surface area contributed by atoms with Crippen LogP contribution in [0, 0.1) is 11.8 Å². The zero-order valence-electron chi connectivity index (χ0n) is 7.90. The quantitative estimate of drug-likeness (QED) is 0.592. The third-order valence-electron chi connectivity index (χ3n) is 3.19. The lowest BCUT2D eigenvalue weighted by molar-refractivity contribution is -0.240. The van der Waals surface area contributed by atoms with Crippen molar-refractivity contribution >= 4 is 5.97 Å². The van der Waals surface area contributed by atoms with E-state index in [-0.39, 0.29) is 12.3 Å². The first kappa shape index (κ1) is 10.5. The van der Waals surface area contributed by atoms with Crippen molar-refractivity contribution in [2.24, 2.45) is 11.8 Å². The van der Waals surface area contributed by atoms with E-state index in [1.807, 2.05) is 6.92 Å². The molecule has 0 heterocycles. The molecule has 4 unspecified atom stereocenters. The third kappa shape index (κ3) is 1.25. The van der Waals surface area contributed by atoms with Crippen LogP contribution in [-0.4, -0.2) is 33.0 Å². The molecule has 0 spiro atoms. The van der Waals surface area contributed by atoms with Crippen LogP contribution in [0.1, 0.15) is 26.7 Å².